The Hall–Kier alpha value is -3.11. The van der Waals surface area contributed by atoms with Gasteiger partial charge in [0, 0.05) is 0 Å². The molecule has 0 spiro atoms. The average molecular weight is 430 g/mol. The van der Waals surface area contributed by atoms with Crippen LogP contribution in [0.3, 0.4) is 0 Å². The first-order valence-electron chi connectivity index (χ1n) is 10.7. The Kier molecular flexibility index (Phi) is 8.68. The quantitative estimate of drug-likeness (QED) is 0.0850. The Morgan fingerprint density at radius 1 is 0.774 bits per heavy atom. The highest BCUT2D eigenvalue weighted by Gasteiger charge is 2.13. The van der Waals surface area contributed by atoms with Crippen LogP contribution in [0.5, 0.6) is 0 Å². The lowest BCUT2D eigenvalue weighted by atomic mass is 9.99. The zero-order valence-corrected chi connectivity index (χ0v) is 18.6. The predicted molar refractivity (Wildman–Crippen MR) is 132 cm³/mol. The maximum absolute atomic E-state index is 12.3. The molecule has 0 aromatic heterocycles. The Labute approximate surface area is 189 Å². The van der Waals surface area contributed by atoms with Crippen molar-refractivity contribution in [1.29, 1.82) is 0 Å². The molecule has 0 aliphatic rings. The van der Waals surface area contributed by atoms with Crippen molar-refractivity contribution in [2.24, 2.45) is 5.16 Å². The fraction of sp³-hybridized carbons (Fsp3) is 0.222. The van der Waals surface area contributed by atoms with E-state index >= 15 is 0 Å². The molecular weight excluding hydrogens is 402 g/mol. The van der Waals surface area contributed by atoms with E-state index in [4.69, 9.17) is 17.1 Å². The molecule has 0 amide bonds. The number of oxime groups is 1. The molecule has 0 aliphatic carbocycles. The van der Waals surface area contributed by atoms with Crippen LogP contribution in [0.15, 0.2) is 90.1 Å². The van der Waals surface area contributed by atoms with E-state index in [0.29, 0.717) is 22.6 Å². The Balaban J connectivity index is 1.75. The molecule has 3 aromatic carbocycles. The Morgan fingerprint density at radius 2 is 1.39 bits per heavy atom. The lowest BCUT2D eigenvalue weighted by molar-refractivity contribution is 0.0516. The van der Waals surface area contributed by atoms with Crippen molar-refractivity contribution in [3.63, 3.8) is 0 Å². The number of thiocarbonyl (C=S) groups is 1. The highest BCUT2D eigenvalue weighted by molar-refractivity contribution is 7.82. The second-order valence-electron chi connectivity index (χ2n) is 7.37. The number of rotatable bonds is 10. The van der Waals surface area contributed by atoms with Gasteiger partial charge in [0.05, 0.1) is 16.1 Å². The molecule has 3 nitrogen and oxygen atoms in total. The summed E-state index contributed by atoms with van der Waals surface area (Å²) in [6.45, 7) is 2.18. The lowest BCUT2D eigenvalue weighted by Gasteiger charge is -2.09. The van der Waals surface area contributed by atoms with Gasteiger partial charge in [0.1, 0.15) is 0 Å². The van der Waals surface area contributed by atoms with Gasteiger partial charge in [-0.1, -0.05) is 116 Å². The van der Waals surface area contributed by atoms with E-state index in [1.165, 1.54) is 0 Å². The fourth-order valence-corrected chi connectivity index (χ4v) is 3.53. The van der Waals surface area contributed by atoms with E-state index in [0.717, 1.165) is 42.4 Å². The average Bonchev–Trinajstić information content (AvgIpc) is 2.84. The van der Waals surface area contributed by atoms with Crippen LogP contribution in [0.2, 0.25) is 0 Å². The van der Waals surface area contributed by atoms with Gasteiger partial charge in [0.2, 0.25) is 0 Å². The van der Waals surface area contributed by atoms with Crippen molar-refractivity contribution in [2.75, 3.05) is 0 Å². The van der Waals surface area contributed by atoms with Crippen molar-refractivity contribution >= 4 is 28.8 Å². The third-order valence-corrected chi connectivity index (χ3v) is 5.50. The first-order chi connectivity index (χ1) is 15.2. The lowest BCUT2D eigenvalue weighted by Crippen LogP contribution is -2.15. The largest absolute Gasteiger partial charge is 0.365 e. The Morgan fingerprint density at radius 3 is 2.03 bits per heavy atom. The zero-order chi connectivity index (χ0) is 21.9. The molecule has 3 aromatic rings. The summed E-state index contributed by atoms with van der Waals surface area (Å²) in [7, 11) is 0. The summed E-state index contributed by atoms with van der Waals surface area (Å²) in [4.78, 5) is 18.2. The van der Waals surface area contributed by atoms with Gasteiger partial charge in [-0.25, -0.2) is 4.79 Å². The van der Waals surface area contributed by atoms with Gasteiger partial charge >= 0.3 is 5.97 Å². The summed E-state index contributed by atoms with van der Waals surface area (Å²) in [6, 6.07) is 27.2. The number of nitrogens with zero attached hydrogens (tertiary/aromatic N) is 1. The standard InChI is InChI=1S/C27H27NO2S/c1-2-3-4-11-16-25(28-30-27(29)24-14-9-6-10-15-24)26(31)23-19-17-22(18-20-23)21-12-7-5-8-13-21/h5-10,12-15,17-20H,2-4,11,16H2,1H3. The molecule has 0 bridgehead atoms. The molecule has 0 aliphatic heterocycles. The monoisotopic (exact) mass is 429 g/mol. The summed E-state index contributed by atoms with van der Waals surface area (Å²) >= 11 is 5.73. The zero-order valence-electron chi connectivity index (χ0n) is 17.8. The fourth-order valence-electron chi connectivity index (χ4n) is 3.25. The van der Waals surface area contributed by atoms with Crippen LogP contribution in [0.1, 0.15) is 54.9 Å². The van der Waals surface area contributed by atoms with Crippen LogP contribution >= 0.6 is 12.2 Å². The Bertz CT molecular complexity index is 1010. The van der Waals surface area contributed by atoms with Gasteiger partial charge in [-0.2, -0.15) is 0 Å². The molecule has 4 heteroatoms. The molecule has 0 fully saturated rings. The molecule has 0 atom stereocenters. The van der Waals surface area contributed by atoms with E-state index in [2.05, 4.69) is 36.3 Å². The first kappa shape index (κ1) is 22.6. The molecule has 0 heterocycles. The van der Waals surface area contributed by atoms with Crippen LogP contribution in [0.25, 0.3) is 11.1 Å². The van der Waals surface area contributed by atoms with Crippen molar-refractivity contribution in [3.8, 4) is 11.1 Å². The molecule has 0 saturated heterocycles. The van der Waals surface area contributed by atoms with Gasteiger partial charge in [0.25, 0.3) is 0 Å². The van der Waals surface area contributed by atoms with Gasteiger partial charge < -0.3 is 4.84 Å². The van der Waals surface area contributed by atoms with Gasteiger partial charge in [0.15, 0.2) is 0 Å². The van der Waals surface area contributed by atoms with E-state index in [-0.39, 0.29) is 0 Å². The minimum absolute atomic E-state index is 0.467. The van der Waals surface area contributed by atoms with Crippen LogP contribution < -0.4 is 0 Å². The minimum Gasteiger partial charge on any atom is -0.312 e. The van der Waals surface area contributed by atoms with Gasteiger partial charge in [-0.15, -0.1) is 0 Å². The molecule has 0 saturated carbocycles. The van der Waals surface area contributed by atoms with Crippen LogP contribution in [-0.4, -0.2) is 16.5 Å². The predicted octanol–water partition coefficient (Wildman–Crippen LogP) is 7.26. The second-order valence-corrected chi connectivity index (χ2v) is 7.77. The third kappa shape index (κ3) is 6.69. The number of unbranched alkanes of at least 4 members (excludes halogenated alkanes) is 3. The summed E-state index contributed by atoms with van der Waals surface area (Å²) in [5, 5.41) is 4.18. The number of carbonyl (C=O) groups excluding carboxylic acids is 1. The minimum atomic E-state index is -0.478. The summed E-state index contributed by atoms with van der Waals surface area (Å²) in [6.07, 6.45) is 5.05. The number of hydrogen-bond acceptors (Lipinski definition) is 4. The molecule has 3 rings (SSSR count). The van der Waals surface area contributed by atoms with Gasteiger partial charge in [-0.05, 0) is 41.7 Å². The molecule has 0 unspecified atom stereocenters. The van der Waals surface area contributed by atoms with Crippen LogP contribution in [0, 0.1) is 0 Å². The molecule has 0 radical (unpaired) electrons. The maximum atomic E-state index is 12.3. The van der Waals surface area contributed by atoms with Crippen molar-refractivity contribution in [3.05, 3.63) is 96.1 Å². The molecule has 0 N–H and O–H groups in total. The van der Waals surface area contributed by atoms with E-state index in [1.807, 2.05) is 36.4 Å². The van der Waals surface area contributed by atoms with Crippen molar-refractivity contribution in [2.45, 2.75) is 39.0 Å². The summed E-state index contributed by atoms with van der Waals surface area (Å²) < 4.78 is 0. The second kappa shape index (κ2) is 11.9. The van der Waals surface area contributed by atoms with Crippen LogP contribution in [0.4, 0.5) is 0 Å². The molecular formula is C27H27NO2S. The summed E-state index contributed by atoms with van der Waals surface area (Å²) in [5.74, 6) is -0.478. The van der Waals surface area contributed by atoms with E-state index < -0.39 is 5.97 Å². The van der Waals surface area contributed by atoms with Crippen molar-refractivity contribution < 1.29 is 9.63 Å². The maximum Gasteiger partial charge on any atom is 0.365 e. The molecule has 31 heavy (non-hydrogen) atoms. The third-order valence-electron chi connectivity index (χ3n) is 5.03. The smallest absolute Gasteiger partial charge is 0.312 e. The molecule has 158 valence electrons. The van der Waals surface area contributed by atoms with Crippen LogP contribution in [-0.2, 0) is 4.84 Å². The van der Waals surface area contributed by atoms with Gasteiger partial charge in [-0.3, -0.25) is 0 Å². The van der Waals surface area contributed by atoms with E-state index in [1.54, 1.807) is 24.3 Å². The van der Waals surface area contributed by atoms with Crippen molar-refractivity contribution in [1.82, 2.24) is 0 Å². The van der Waals surface area contributed by atoms with E-state index in [9.17, 15) is 4.79 Å². The number of benzene rings is 3. The summed E-state index contributed by atoms with van der Waals surface area (Å²) in [5.41, 5.74) is 4.30. The topological polar surface area (TPSA) is 38.7 Å². The highest BCUT2D eigenvalue weighted by atomic mass is 32.1. The normalized spacial score (nSPS) is 11.2. The SMILES string of the molecule is CCCCCCC(=NOC(=O)c1ccccc1)C(=S)c1ccc(-c2ccccc2)cc1. The highest BCUT2D eigenvalue weighted by Crippen LogP contribution is 2.20. The number of hydrogen-bond donors (Lipinski definition) is 0. The first-order valence-corrected chi connectivity index (χ1v) is 11.1. The number of carbonyl (C=O) groups is 1.